The van der Waals surface area contributed by atoms with Crippen LogP contribution in [0.15, 0.2) is 85.5 Å². The Morgan fingerprint density at radius 1 is 0.774 bits per heavy atom. The smallest absolute Gasteiger partial charge is 0.159 e. The number of aromatic nitrogens is 4. The van der Waals surface area contributed by atoms with E-state index in [9.17, 15) is 0 Å². The van der Waals surface area contributed by atoms with Crippen molar-refractivity contribution in [3.63, 3.8) is 0 Å². The Hall–Kier alpha value is -3.79. The normalized spacial score (nSPS) is 11.2. The molecule has 0 radical (unpaired) electrons. The van der Waals surface area contributed by atoms with Crippen LogP contribution < -0.4 is 0 Å². The summed E-state index contributed by atoms with van der Waals surface area (Å²) < 4.78 is 2.13. The molecule has 0 bridgehead atoms. The Morgan fingerprint density at radius 2 is 1.61 bits per heavy atom. The van der Waals surface area contributed by atoms with E-state index in [4.69, 9.17) is 4.98 Å². The quantitative estimate of drug-likeness (QED) is 0.368. The van der Waals surface area contributed by atoms with Crippen LogP contribution in [0.25, 0.3) is 28.2 Å². The van der Waals surface area contributed by atoms with Crippen molar-refractivity contribution in [2.24, 2.45) is 0 Å². The van der Waals surface area contributed by atoms with Gasteiger partial charge >= 0.3 is 0 Å². The summed E-state index contributed by atoms with van der Waals surface area (Å²) in [7, 11) is 0. The lowest BCUT2D eigenvalue weighted by Gasteiger charge is -2.09. The average molecular weight is 405 g/mol. The van der Waals surface area contributed by atoms with Gasteiger partial charge in [0.1, 0.15) is 0 Å². The van der Waals surface area contributed by atoms with Crippen molar-refractivity contribution in [2.45, 2.75) is 26.7 Å². The Kier molecular flexibility index (Phi) is 5.04. The number of rotatable bonds is 5. The fourth-order valence-corrected chi connectivity index (χ4v) is 4.10. The molecule has 4 nitrogen and oxygen atoms in total. The van der Waals surface area contributed by atoms with Gasteiger partial charge in [-0.3, -0.25) is 14.4 Å². The number of hydrogen-bond donors (Lipinski definition) is 0. The maximum atomic E-state index is 4.77. The van der Waals surface area contributed by atoms with Crippen molar-refractivity contribution in [1.29, 1.82) is 0 Å². The molecule has 0 amide bonds. The van der Waals surface area contributed by atoms with Gasteiger partial charge in [0.15, 0.2) is 5.65 Å². The second-order valence-electron chi connectivity index (χ2n) is 7.96. The number of benzene rings is 2. The highest BCUT2D eigenvalue weighted by atomic mass is 15.0. The average Bonchev–Trinajstić information content (AvgIpc) is 3.23. The summed E-state index contributed by atoms with van der Waals surface area (Å²) in [5, 5.41) is 0. The van der Waals surface area contributed by atoms with Gasteiger partial charge in [0.05, 0.1) is 23.3 Å². The molecule has 0 unspecified atom stereocenters. The minimum absolute atomic E-state index is 0.820. The van der Waals surface area contributed by atoms with Crippen LogP contribution in [0.1, 0.15) is 22.4 Å². The SMILES string of the molecule is Cc1cccc(-c2ncc(CCc3nccn4c(-c5ccccc5)cnc34)cc2C)c1. The van der Waals surface area contributed by atoms with Crippen LogP contribution in [0.3, 0.4) is 0 Å². The van der Waals surface area contributed by atoms with Crippen molar-refractivity contribution in [1.82, 2.24) is 19.4 Å². The number of pyridine rings is 1. The highest BCUT2D eigenvalue weighted by molar-refractivity contribution is 5.65. The first-order valence-electron chi connectivity index (χ1n) is 10.6. The molecule has 2 aromatic carbocycles. The number of fused-ring (bicyclic) bond motifs is 1. The summed E-state index contributed by atoms with van der Waals surface area (Å²) in [6, 6.07) is 21.1. The van der Waals surface area contributed by atoms with Gasteiger partial charge in [0.2, 0.25) is 0 Å². The molecule has 152 valence electrons. The molecule has 0 saturated carbocycles. The van der Waals surface area contributed by atoms with Gasteiger partial charge in [-0.1, -0.05) is 60.2 Å². The van der Waals surface area contributed by atoms with Gasteiger partial charge in [-0.15, -0.1) is 0 Å². The second-order valence-corrected chi connectivity index (χ2v) is 7.96. The van der Waals surface area contributed by atoms with Crippen molar-refractivity contribution < 1.29 is 0 Å². The molecular weight excluding hydrogens is 380 g/mol. The standard InChI is InChI=1S/C27H24N4/c1-19-7-6-10-23(15-19)26-20(2)16-21(17-29-26)11-12-24-27-30-18-25(31(27)14-13-28-24)22-8-4-3-5-9-22/h3-10,13-18H,11-12H2,1-2H3. The highest BCUT2D eigenvalue weighted by Gasteiger charge is 2.11. The zero-order valence-corrected chi connectivity index (χ0v) is 17.8. The molecule has 0 spiro atoms. The van der Waals surface area contributed by atoms with Crippen molar-refractivity contribution >= 4 is 5.65 Å². The van der Waals surface area contributed by atoms with Gasteiger partial charge in [0, 0.05) is 29.7 Å². The van der Waals surface area contributed by atoms with E-state index < -0.39 is 0 Å². The van der Waals surface area contributed by atoms with E-state index in [0.29, 0.717) is 0 Å². The fourth-order valence-electron chi connectivity index (χ4n) is 4.10. The van der Waals surface area contributed by atoms with Crippen LogP contribution in [0.2, 0.25) is 0 Å². The van der Waals surface area contributed by atoms with Crippen molar-refractivity contribution in [2.75, 3.05) is 0 Å². The maximum Gasteiger partial charge on any atom is 0.159 e. The van der Waals surface area contributed by atoms with Gasteiger partial charge in [-0.2, -0.15) is 0 Å². The molecule has 0 aliphatic carbocycles. The topological polar surface area (TPSA) is 43.1 Å². The van der Waals surface area contributed by atoms with Crippen LogP contribution in [0.4, 0.5) is 0 Å². The molecule has 0 saturated heterocycles. The minimum Gasteiger partial charge on any atom is -0.297 e. The Balaban J connectivity index is 1.39. The Bertz CT molecular complexity index is 1350. The van der Waals surface area contributed by atoms with E-state index in [0.717, 1.165) is 41.1 Å². The lowest BCUT2D eigenvalue weighted by atomic mass is 10.0. The van der Waals surface area contributed by atoms with Gasteiger partial charge < -0.3 is 0 Å². The van der Waals surface area contributed by atoms with E-state index in [-0.39, 0.29) is 0 Å². The van der Waals surface area contributed by atoms with E-state index >= 15 is 0 Å². The molecule has 5 aromatic rings. The van der Waals surface area contributed by atoms with Crippen molar-refractivity contribution in [3.8, 4) is 22.5 Å². The van der Waals surface area contributed by atoms with Crippen LogP contribution in [-0.2, 0) is 12.8 Å². The zero-order valence-electron chi connectivity index (χ0n) is 17.8. The van der Waals surface area contributed by atoms with Crippen LogP contribution >= 0.6 is 0 Å². The lowest BCUT2D eigenvalue weighted by molar-refractivity contribution is 0.895. The molecule has 0 aliphatic rings. The highest BCUT2D eigenvalue weighted by Crippen LogP contribution is 2.24. The predicted octanol–water partition coefficient (Wildman–Crippen LogP) is 5.86. The molecule has 0 aliphatic heterocycles. The van der Waals surface area contributed by atoms with Gasteiger partial charge in [-0.05, 0) is 43.9 Å². The maximum absolute atomic E-state index is 4.77. The lowest BCUT2D eigenvalue weighted by Crippen LogP contribution is -2.01. The second kappa shape index (κ2) is 8.15. The minimum atomic E-state index is 0.820. The molecule has 0 atom stereocenters. The Labute approximate surface area is 182 Å². The number of imidazole rings is 1. The summed E-state index contributed by atoms with van der Waals surface area (Å²) >= 11 is 0. The number of nitrogens with zero attached hydrogens (tertiary/aromatic N) is 4. The van der Waals surface area contributed by atoms with Crippen LogP contribution in [0, 0.1) is 13.8 Å². The largest absolute Gasteiger partial charge is 0.297 e. The summed E-state index contributed by atoms with van der Waals surface area (Å²) in [5.41, 5.74) is 10.0. The third kappa shape index (κ3) is 3.84. The molecule has 5 rings (SSSR count). The van der Waals surface area contributed by atoms with E-state index in [2.05, 4.69) is 70.7 Å². The Morgan fingerprint density at radius 3 is 2.42 bits per heavy atom. The van der Waals surface area contributed by atoms with Crippen molar-refractivity contribution in [3.05, 3.63) is 108 Å². The molecule has 0 fully saturated rings. The summed E-state index contributed by atoms with van der Waals surface area (Å²) in [6.07, 6.45) is 9.46. The molecule has 3 heterocycles. The van der Waals surface area contributed by atoms with E-state index in [1.165, 1.54) is 22.3 Å². The van der Waals surface area contributed by atoms with Crippen LogP contribution in [0.5, 0.6) is 0 Å². The monoisotopic (exact) mass is 404 g/mol. The first-order chi connectivity index (χ1) is 15.2. The van der Waals surface area contributed by atoms with Gasteiger partial charge in [-0.25, -0.2) is 4.98 Å². The molecule has 3 aromatic heterocycles. The molecule has 4 heteroatoms. The fraction of sp³-hybridized carbons (Fsp3) is 0.148. The first kappa shape index (κ1) is 19.2. The zero-order chi connectivity index (χ0) is 21.2. The van der Waals surface area contributed by atoms with Gasteiger partial charge in [0.25, 0.3) is 0 Å². The first-order valence-corrected chi connectivity index (χ1v) is 10.6. The summed E-state index contributed by atoms with van der Waals surface area (Å²) in [6.45, 7) is 4.24. The molecule has 31 heavy (non-hydrogen) atoms. The summed E-state index contributed by atoms with van der Waals surface area (Å²) in [5.74, 6) is 0. The van der Waals surface area contributed by atoms with E-state index in [1.807, 2.05) is 43.0 Å². The third-order valence-electron chi connectivity index (χ3n) is 5.65. The number of aryl methyl sites for hydroxylation is 4. The molecular formula is C27H24N4. The van der Waals surface area contributed by atoms with E-state index in [1.54, 1.807) is 0 Å². The summed E-state index contributed by atoms with van der Waals surface area (Å²) in [4.78, 5) is 14.1. The number of hydrogen-bond acceptors (Lipinski definition) is 3. The third-order valence-corrected chi connectivity index (χ3v) is 5.65. The predicted molar refractivity (Wildman–Crippen MR) is 125 cm³/mol. The van der Waals surface area contributed by atoms with Crippen LogP contribution in [-0.4, -0.2) is 19.4 Å². The molecule has 0 N–H and O–H groups in total.